The highest BCUT2D eigenvalue weighted by molar-refractivity contribution is 6.42. The van der Waals surface area contributed by atoms with Crippen LogP contribution >= 0.6 is 23.2 Å². The van der Waals surface area contributed by atoms with Crippen molar-refractivity contribution in [2.24, 2.45) is 0 Å². The summed E-state index contributed by atoms with van der Waals surface area (Å²) >= 11 is 12.7. The number of fused-ring (bicyclic) bond motifs is 3. The largest absolute Gasteiger partial charge is 0.341 e. The topological polar surface area (TPSA) is 43.9 Å². The Labute approximate surface area is 268 Å². The van der Waals surface area contributed by atoms with Gasteiger partial charge in [-0.15, -0.1) is 0 Å². The second-order valence-electron chi connectivity index (χ2n) is 12.2. The predicted octanol–water partition coefficient (Wildman–Crippen LogP) is 7.93. The van der Waals surface area contributed by atoms with Crippen LogP contribution < -0.4 is 4.90 Å². The average Bonchev–Trinajstić information content (AvgIpc) is 3.35. The fourth-order valence-corrected chi connectivity index (χ4v) is 7.39. The van der Waals surface area contributed by atoms with E-state index in [1.807, 2.05) is 35.2 Å². The third-order valence-corrected chi connectivity index (χ3v) is 10.3. The summed E-state index contributed by atoms with van der Waals surface area (Å²) in [6.07, 6.45) is 2.80. The molecule has 4 aromatic rings. The van der Waals surface area contributed by atoms with Crippen molar-refractivity contribution in [3.8, 4) is 0 Å². The number of amides is 2. The Bertz CT molecular complexity index is 1720. The van der Waals surface area contributed by atoms with E-state index in [2.05, 4.69) is 23.1 Å². The summed E-state index contributed by atoms with van der Waals surface area (Å²) < 4.78 is 14.5. The van der Waals surface area contributed by atoms with E-state index < -0.39 is 0 Å². The molecule has 44 heavy (non-hydrogen) atoms. The molecule has 1 spiro atoms. The molecular weight excluding hydrogens is 596 g/mol. The van der Waals surface area contributed by atoms with Crippen LogP contribution in [0.5, 0.6) is 0 Å². The third-order valence-electron chi connectivity index (χ3n) is 9.57. The molecule has 1 unspecified atom stereocenters. The molecule has 0 aliphatic carbocycles. The molecule has 2 heterocycles. The number of para-hydroxylation sites is 1. The van der Waals surface area contributed by atoms with Crippen molar-refractivity contribution < 1.29 is 14.0 Å². The van der Waals surface area contributed by atoms with Crippen LogP contribution in [0.25, 0.3) is 10.8 Å². The van der Waals surface area contributed by atoms with Gasteiger partial charge in [-0.05, 0) is 85.7 Å². The number of rotatable bonds is 7. The fraction of sp³-hybridized carbons (Fsp3) is 0.333. The highest BCUT2D eigenvalue weighted by Crippen LogP contribution is 2.47. The molecule has 0 N–H and O–H groups in total. The van der Waals surface area contributed by atoms with E-state index >= 15 is 0 Å². The number of halogens is 3. The molecule has 8 heteroatoms. The summed E-state index contributed by atoms with van der Waals surface area (Å²) in [5, 5.41) is 2.03. The molecule has 1 atom stereocenters. The molecule has 0 saturated carbocycles. The van der Waals surface area contributed by atoms with Gasteiger partial charge in [0.15, 0.2) is 0 Å². The summed E-state index contributed by atoms with van der Waals surface area (Å²) in [7, 11) is 1.80. The van der Waals surface area contributed by atoms with Gasteiger partial charge in [0.25, 0.3) is 5.91 Å². The van der Waals surface area contributed by atoms with Gasteiger partial charge in [0, 0.05) is 55.0 Å². The monoisotopic (exact) mass is 631 g/mol. The molecule has 5 nitrogen and oxygen atoms in total. The summed E-state index contributed by atoms with van der Waals surface area (Å²) in [5.41, 5.74) is 3.84. The van der Waals surface area contributed by atoms with Gasteiger partial charge in [-0.1, -0.05) is 71.7 Å². The molecule has 4 aromatic carbocycles. The third kappa shape index (κ3) is 5.83. The van der Waals surface area contributed by atoms with Gasteiger partial charge in [0.05, 0.1) is 10.0 Å². The van der Waals surface area contributed by atoms with Gasteiger partial charge in [0.1, 0.15) is 5.82 Å². The van der Waals surface area contributed by atoms with Crippen LogP contribution in [0.4, 0.5) is 10.1 Å². The summed E-state index contributed by atoms with van der Waals surface area (Å²) in [5.74, 6) is -0.386. The lowest BCUT2D eigenvalue weighted by atomic mass is 9.74. The van der Waals surface area contributed by atoms with E-state index in [1.165, 1.54) is 11.6 Å². The quantitative estimate of drug-likeness (QED) is 0.208. The van der Waals surface area contributed by atoms with Crippen molar-refractivity contribution in [2.45, 2.75) is 37.5 Å². The molecular formula is C36H36Cl2FN3O2. The maximum Gasteiger partial charge on any atom is 0.254 e. The van der Waals surface area contributed by atoms with E-state index in [9.17, 15) is 14.0 Å². The number of piperidine rings is 1. The van der Waals surface area contributed by atoms with Crippen molar-refractivity contribution in [1.82, 2.24) is 9.80 Å². The predicted molar refractivity (Wildman–Crippen MR) is 177 cm³/mol. The normalized spacial score (nSPS) is 16.7. The van der Waals surface area contributed by atoms with Gasteiger partial charge < -0.3 is 14.7 Å². The Kier molecular flexibility index (Phi) is 8.69. The first-order chi connectivity index (χ1) is 21.2. The molecule has 0 bridgehead atoms. The van der Waals surface area contributed by atoms with Gasteiger partial charge in [-0.25, -0.2) is 4.39 Å². The summed E-state index contributed by atoms with van der Waals surface area (Å²) in [6, 6.07) is 24.0. The first-order valence-electron chi connectivity index (χ1n) is 15.1. The van der Waals surface area contributed by atoms with Crippen LogP contribution in [0, 0.1) is 5.82 Å². The minimum Gasteiger partial charge on any atom is -0.341 e. The van der Waals surface area contributed by atoms with E-state index in [0.29, 0.717) is 32.9 Å². The number of benzene rings is 4. The molecule has 2 aliphatic rings. The molecule has 0 radical (unpaired) electrons. The Balaban J connectivity index is 1.17. The Hall–Kier alpha value is -3.45. The van der Waals surface area contributed by atoms with E-state index in [1.54, 1.807) is 43.1 Å². The SMILES string of the molecule is CC(=O)N1CC2(CCN(CCC(CN(C)C(=O)c3ccc(F)c4ccccc34)c3ccc(Cl)c(Cl)c3)CC2)c2ccccc21. The van der Waals surface area contributed by atoms with E-state index in [-0.39, 0.29) is 29.0 Å². The molecule has 2 amide bonds. The number of anilines is 1. The first kappa shape index (κ1) is 30.6. The lowest BCUT2D eigenvalue weighted by Gasteiger charge is -2.40. The van der Waals surface area contributed by atoms with Gasteiger partial charge in [0.2, 0.25) is 5.91 Å². The minimum atomic E-state index is -0.341. The zero-order chi connectivity index (χ0) is 31.0. The lowest BCUT2D eigenvalue weighted by Crippen LogP contribution is -2.46. The molecule has 0 aromatic heterocycles. The van der Waals surface area contributed by atoms with E-state index in [0.717, 1.165) is 56.7 Å². The van der Waals surface area contributed by atoms with Gasteiger partial charge >= 0.3 is 0 Å². The molecule has 228 valence electrons. The van der Waals surface area contributed by atoms with Crippen LogP contribution in [0.1, 0.15) is 53.6 Å². The highest BCUT2D eigenvalue weighted by atomic mass is 35.5. The van der Waals surface area contributed by atoms with Crippen molar-refractivity contribution in [1.29, 1.82) is 0 Å². The minimum absolute atomic E-state index is 0.00750. The summed E-state index contributed by atoms with van der Waals surface area (Å²) in [4.78, 5) is 32.3. The van der Waals surface area contributed by atoms with Crippen molar-refractivity contribution in [3.05, 3.63) is 111 Å². The Morgan fingerprint density at radius 1 is 0.932 bits per heavy atom. The average molecular weight is 633 g/mol. The Morgan fingerprint density at radius 3 is 2.36 bits per heavy atom. The zero-order valence-corrected chi connectivity index (χ0v) is 26.5. The smallest absolute Gasteiger partial charge is 0.254 e. The van der Waals surface area contributed by atoms with Crippen molar-refractivity contribution in [2.75, 3.05) is 44.7 Å². The molecule has 1 saturated heterocycles. The standard InChI is InChI=1S/C36H36Cl2FN3O2/c1-24(43)42-23-36(30-9-5-6-10-34(30)42)16-19-41(20-17-36)18-15-26(25-11-13-31(37)32(38)21-25)22-40(2)35(44)29-12-14-33(39)28-8-4-3-7-27(28)29/h3-14,21,26H,15-20,22-23H2,1-2H3. The van der Waals surface area contributed by atoms with Crippen LogP contribution in [-0.4, -0.2) is 61.4 Å². The molecule has 6 rings (SSSR count). The zero-order valence-electron chi connectivity index (χ0n) is 25.0. The molecule has 1 fully saturated rings. The number of carbonyl (C=O) groups is 2. The number of carbonyl (C=O) groups excluding carboxylic acids is 2. The number of likely N-dealkylation sites (N-methyl/N-ethyl adjacent to an activating group) is 1. The van der Waals surface area contributed by atoms with Crippen LogP contribution in [0.15, 0.2) is 78.9 Å². The number of hydrogen-bond donors (Lipinski definition) is 0. The number of hydrogen-bond acceptors (Lipinski definition) is 3. The fourth-order valence-electron chi connectivity index (χ4n) is 7.08. The van der Waals surface area contributed by atoms with Gasteiger partial charge in [-0.3, -0.25) is 9.59 Å². The second kappa shape index (κ2) is 12.5. The van der Waals surface area contributed by atoms with Gasteiger partial charge in [-0.2, -0.15) is 0 Å². The van der Waals surface area contributed by atoms with Crippen molar-refractivity contribution >= 4 is 51.5 Å². The van der Waals surface area contributed by atoms with Crippen LogP contribution in [0.2, 0.25) is 10.0 Å². The first-order valence-corrected chi connectivity index (χ1v) is 15.9. The van der Waals surface area contributed by atoms with E-state index in [4.69, 9.17) is 23.2 Å². The molecule has 2 aliphatic heterocycles. The Morgan fingerprint density at radius 2 is 1.64 bits per heavy atom. The summed E-state index contributed by atoms with van der Waals surface area (Å²) in [6.45, 7) is 5.59. The lowest BCUT2D eigenvalue weighted by molar-refractivity contribution is -0.116. The maximum absolute atomic E-state index is 14.5. The second-order valence-corrected chi connectivity index (χ2v) is 13.0. The number of nitrogens with zero attached hydrogens (tertiary/aromatic N) is 3. The maximum atomic E-state index is 14.5. The highest BCUT2D eigenvalue weighted by Gasteiger charge is 2.45. The van der Waals surface area contributed by atoms with Crippen LogP contribution in [0.3, 0.4) is 0 Å². The van der Waals surface area contributed by atoms with Crippen molar-refractivity contribution in [3.63, 3.8) is 0 Å². The van der Waals surface area contributed by atoms with Crippen LogP contribution in [-0.2, 0) is 10.2 Å². The number of likely N-dealkylation sites (tertiary alicyclic amines) is 1.